The third-order valence-electron chi connectivity index (χ3n) is 4.02. The van der Waals surface area contributed by atoms with Gasteiger partial charge >= 0.3 is 0 Å². The summed E-state index contributed by atoms with van der Waals surface area (Å²) < 4.78 is 0. The number of halogens is 1. The van der Waals surface area contributed by atoms with E-state index in [-0.39, 0.29) is 23.0 Å². The standard InChI is InChI=1S/C18H27N3O2S.ClH/c1-12(2)8-16-11-24-18(20(16)10-13(3)4)19-17-9-15(21(22)23)7-6-14(17)5;/h6-7,9,12-13,16H,8,10-11H2,1-5H3;1H/b19-18+;/t16-;/m0./s1. The van der Waals surface area contributed by atoms with Gasteiger partial charge in [0.15, 0.2) is 5.17 Å². The number of benzene rings is 1. The first kappa shape index (κ1) is 21.8. The van der Waals surface area contributed by atoms with E-state index in [4.69, 9.17) is 4.99 Å². The molecule has 0 bridgehead atoms. The van der Waals surface area contributed by atoms with E-state index in [1.165, 1.54) is 6.07 Å². The number of aliphatic imine (C=N–C) groups is 1. The largest absolute Gasteiger partial charge is 0.347 e. The molecule has 1 heterocycles. The van der Waals surface area contributed by atoms with Crippen molar-refractivity contribution in [2.75, 3.05) is 12.3 Å². The van der Waals surface area contributed by atoms with Gasteiger partial charge in [-0.25, -0.2) is 4.99 Å². The molecule has 25 heavy (non-hydrogen) atoms. The molecular formula is C18H28ClN3O2S. The number of nitro groups is 1. The molecule has 0 amide bonds. The van der Waals surface area contributed by atoms with Crippen molar-refractivity contribution >= 4 is 40.7 Å². The van der Waals surface area contributed by atoms with E-state index in [0.29, 0.717) is 23.6 Å². The minimum Gasteiger partial charge on any atom is -0.347 e. The highest BCUT2D eigenvalue weighted by Crippen LogP contribution is 2.33. The number of thioether (sulfide) groups is 1. The van der Waals surface area contributed by atoms with Gasteiger partial charge in [-0.1, -0.05) is 45.5 Å². The first-order valence-electron chi connectivity index (χ1n) is 8.51. The first-order chi connectivity index (χ1) is 11.3. The van der Waals surface area contributed by atoms with Crippen LogP contribution in [-0.2, 0) is 0 Å². The number of hydrogen-bond acceptors (Lipinski definition) is 4. The summed E-state index contributed by atoms with van der Waals surface area (Å²) in [7, 11) is 0. The Balaban J connectivity index is 0.00000312. The molecular weight excluding hydrogens is 358 g/mol. The summed E-state index contributed by atoms with van der Waals surface area (Å²) >= 11 is 1.77. The van der Waals surface area contributed by atoms with Crippen molar-refractivity contribution in [3.05, 3.63) is 33.9 Å². The number of nitro benzene ring substituents is 1. The third-order valence-corrected chi connectivity index (χ3v) is 5.15. The second-order valence-electron chi connectivity index (χ2n) is 7.26. The van der Waals surface area contributed by atoms with E-state index < -0.39 is 0 Å². The van der Waals surface area contributed by atoms with Crippen LogP contribution in [0.25, 0.3) is 0 Å². The zero-order chi connectivity index (χ0) is 17.9. The second-order valence-corrected chi connectivity index (χ2v) is 8.25. The Morgan fingerprint density at radius 3 is 2.56 bits per heavy atom. The van der Waals surface area contributed by atoms with Crippen molar-refractivity contribution in [2.24, 2.45) is 16.8 Å². The van der Waals surface area contributed by atoms with Crippen molar-refractivity contribution < 1.29 is 4.92 Å². The molecule has 0 N–H and O–H groups in total. The molecule has 140 valence electrons. The quantitative estimate of drug-likeness (QED) is 0.483. The maximum absolute atomic E-state index is 11.0. The van der Waals surface area contributed by atoms with E-state index in [2.05, 4.69) is 32.6 Å². The van der Waals surface area contributed by atoms with Gasteiger partial charge in [-0.05, 0) is 30.7 Å². The molecule has 1 aliphatic rings. The minimum atomic E-state index is -0.363. The van der Waals surface area contributed by atoms with Crippen LogP contribution in [0.2, 0.25) is 0 Å². The fraction of sp³-hybridized carbons (Fsp3) is 0.611. The molecule has 0 spiro atoms. The summed E-state index contributed by atoms with van der Waals surface area (Å²) in [5.41, 5.74) is 1.76. The lowest BCUT2D eigenvalue weighted by Gasteiger charge is -2.28. The SMILES string of the molecule is Cc1ccc([N+](=O)[O-])cc1/N=C1/SC[C@H](CC(C)C)N1CC(C)C.Cl. The zero-order valence-corrected chi connectivity index (χ0v) is 17.2. The fourth-order valence-electron chi connectivity index (χ4n) is 2.89. The normalized spacial score (nSPS) is 18.9. The first-order valence-corrected chi connectivity index (χ1v) is 9.49. The van der Waals surface area contributed by atoms with Gasteiger partial charge in [0.2, 0.25) is 0 Å². The van der Waals surface area contributed by atoms with E-state index in [0.717, 1.165) is 29.4 Å². The molecule has 0 saturated carbocycles. The Kier molecular flexibility index (Phi) is 8.22. The number of aryl methyl sites for hydroxylation is 1. The van der Waals surface area contributed by atoms with Gasteiger partial charge in [-0.2, -0.15) is 0 Å². The van der Waals surface area contributed by atoms with E-state index in [1.807, 2.05) is 6.92 Å². The highest BCUT2D eigenvalue weighted by Gasteiger charge is 2.31. The van der Waals surface area contributed by atoms with Gasteiger partial charge in [0.05, 0.1) is 10.6 Å². The average molecular weight is 386 g/mol. The van der Waals surface area contributed by atoms with Crippen LogP contribution in [0.3, 0.4) is 0 Å². The molecule has 0 aromatic heterocycles. The van der Waals surface area contributed by atoms with E-state index >= 15 is 0 Å². The lowest BCUT2D eigenvalue weighted by atomic mass is 10.0. The van der Waals surface area contributed by atoms with Gasteiger partial charge in [0.1, 0.15) is 0 Å². The summed E-state index contributed by atoms with van der Waals surface area (Å²) in [4.78, 5) is 17.9. The number of rotatable bonds is 6. The summed E-state index contributed by atoms with van der Waals surface area (Å²) in [6, 6.07) is 5.38. The molecule has 0 aliphatic carbocycles. The predicted octanol–water partition coefficient (Wildman–Crippen LogP) is 5.43. The van der Waals surface area contributed by atoms with Gasteiger partial charge in [-0.3, -0.25) is 10.1 Å². The Bertz CT molecular complexity index is 635. The van der Waals surface area contributed by atoms with E-state index in [9.17, 15) is 10.1 Å². The van der Waals surface area contributed by atoms with Crippen LogP contribution < -0.4 is 0 Å². The summed E-state index contributed by atoms with van der Waals surface area (Å²) in [6.45, 7) is 11.8. The van der Waals surface area contributed by atoms with Crippen LogP contribution in [0.4, 0.5) is 11.4 Å². The maximum atomic E-state index is 11.0. The molecule has 1 saturated heterocycles. The van der Waals surface area contributed by atoms with Crippen LogP contribution in [0.5, 0.6) is 0 Å². The third kappa shape index (κ3) is 5.89. The molecule has 1 aromatic rings. The van der Waals surface area contributed by atoms with Crippen molar-refractivity contribution in [1.82, 2.24) is 4.90 Å². The molecule has 0 unspecified atom stereocenters. The Hall–Kier alpha value is -1.27. The van der Waals surface area contributed by atoms with E-state index in [1.54, 1.807) is 23.9 Å². The van der Waals surface area contributed by atoms with Crippen LogP contribution in [0.1, 0.15) is 39.7 Å². The maximum Gasteiger partial charge on any atom is 0.271 e. The highest BCUT2D eigenvalue weighted by atomic mass is 35.5. The predicted molar refractivity (Wildman–Crippen MR) is 109 cm³/mol. The van der Waals surface area contributed by atoms with Crippen LogP contribution in [-0.4, -0.2) is 33.3 Å². The second kappa shape index (κ2) is 9.43. The Morgan fingerprint density at radius 1 is 1.32 bits per heavy atom. The summed E-state index contributed by atoms with van der Waals surface area (Å²) in [5.74, 6) is 2.23. The molecule has 1 fully saturated rings. The van der Waals surface area contributed by atoms with Crippen LogP contribution >= 0.6 is 24.2 Å². The Morgan fingerprint density at radius 2 is 2.00 bits per heavy atom. The topological polar surface area (TPSA) is 58.7 Å². The number of amidine groups is 1. The fourth-order valence-corrected chi connectivity index (χ4v) is 4.10. The molecule has 2 rings (SSSR count). The molecule has 1 aromatic carbocycles. The van der Waals surface area contributed by atoms with Gasteiger partial charge in [-0.15, -0.1) is 12.4 Å². The summed E-state index contributed by atoms with van der Waals surface area (Å²) in [6.07, 6.45) is 1.15. The molecule has 1 aliphatic heterocycles. The van der Waals surface area contributed by atoms with Crippen molar-refractivity contribution in [2.45, 2.75) is 47.1 Å². The van der Waals surface area contributed by atoms with Crippen LogP contribution in [0, 0.1) is 28.9 Å². The summed E-state index contributed by atoms with van der Waals surface area (Å²) in [5, 5.41) is 12.0. The van der Waals surface area contributed by atoms with Crippen molar-refractivity contribution in [3.63, 3.8) is 0 Å². The van der Waals surface area contributed by atoms with Gasteiger partial charge in [0, 0.05) is 30.5 Å². The molecule has 1 atom stereocenters. The minimum absolute atomic E-state index is 0. The highest BCUT2D eigenvalue weighted by molar-refractivity contribution is 8.14. The van der Waals surface area contributed by atoms with Gasteiger partial charge < -0.3 is 4.90 Å². The molecule has 0 radical (unpaired) electrons. The van der Waals surface area contributed by atoms with Crippen LogP contribution in [0.15, 0.2) is 23.2 Å². The average Bonchev–Trinajstić information content (AvgIpc) is 2.82. The monoisotopic (exact) mass is 385 g/mol. The lowest BCUT2D eigenvalue weighted by Crippen LogP contribution is -2.37. The Labute approximate surface area is 160 Å². The van der Waals surface area contributed by atoms with Gasteiger partial charge in [0.25, 0.3) is 5.69 Å². The number of hydrogen-bond donors (Lipinski definition) is 0. The lowest BCUT2D eigenvalue weighted by molar-refractivity contribution is -0.384. The molecule has 5 nitrogen and oxygen atoms in total. The molecule has 7 heteroatoms. The van der Waals surface area contributed by atoms with Crippen molar-refractivity contribution in [3.8, 4) is 0 Å². The smallest absolute Gasteiger partial charge is 0.271 e. The zero-order valence-electron chi connectivity index (χ0n) is 15.6. The van der Waals surface area contributed by atoms with Crippen molar-refractivity contribution in [1.29, 1.82) is 0 Å². The number of nitrogens with zero attached hydrogens (tertiary/aromatic N) is 3. The number of non-ortho nitro benzene ring substituents is 1.